The van der Waals surface area contributed by atoms with Crippen molar-refractivity contribution in [2.24, 2.45) is 5.92 Å². The van der Waals surface area contributed by atoms with Crippen LogP contribution in [0.3, 0.4) is 0 Å². The van der Waals surface area contributed by atoms with Gasteiger partial charge in [0.1, 0.15) is 6.04 Å². The largest absolute Gasteiger partial charge is 0.361 e. The number of amides is 2. The number of para-hydroxylation sites is 2. The molecule has 0 aliphatic heterocycles. The van der Waals surface area contributed by atoms with E-state index in [2.05, 4.69) is 15.6 Å². The van der Waals surface area contributed by atoms with Crippen molar-refractivity contribution in [3.05, 3.63) is 66.4 Å². The van der Waals surface area contributed by atoms with E-state index in [0.717, 1.165) is 47.8 Å². The average molecular weight is 389 g/mol. The van der Waals surface area contributed by atoms with E-state index in [1.165, 1.54) is 6.42 Å². The second kappa shape index (κ2) is 8.95. The number of hydrogen-bond acceptors (Lipinski definition) is 2. The maximum absolute atomic E-state index is 13.1. The van der Waals surface area contributed by atoms with Crippen LogP contribution in [0.25, 0.3) is 10.9 Å². The molecule has 0 spiro atoms. The molecule has 1 saturated carbocycles. The molecule has 0 unspecified atom stereocenters. The SMILES string of the molecule is O=C(N[C@@H](Cc1c[nH]c2ccccc12)C(=O)Nc1ccccc1)C1CCCCC1. The van der Waals surface area contributed by atoms with Crippen LogP contribution in [0.1, 0.15) is 37.7 Å². The van der Waals surface area contributed by atoms with Crippen LogP contribution in [-0.2, 0) is 16.0 Å². The van der Waals surface area contributed by atoms with Gasteiger partial charge in [-0.05, 0) is 36.6 Å². The summed E-state index contributed by atoms with van der Waals surface area (Å²) in [6.45, 7) is 0. The van der Waals surface area contributed by atoms with E-state index in [0.29, 0.717) is 6.42 Å². The van der Waals surface area contributed by atoms with Crippen molar-refractivity contribution in [2.45, 2.75) is 44.6 Å². The topological polar surface area (TPSA) is 74.0 Å². The third-order valence-electron chi connectivity index (χ3n) is 5.75. The van der Waals surface area contributed by atoms with Gasteiger partial charge in [0.2, 0.25) is 11.8 Å². The Bertz CT molecular complexity index is 974. The number of aromatic nitrogens is 1. The summed E-state index contributed by atoms with van der Waals surface area (Å²) in [5.41, 5.74) is 2.79. The highest BCUT2D eigenvalue weighted by Gasteiger charge is 2.27. The van der Waals surface area contributed by atoms with Crippen LogP contribution < -0.4 is 10.6 Å². The Hall–Kier alpha value is -3.08. The van der Waals surface area contributed by atoms with Gasteiger partial charge in [0.05, 0.1) is 0 Å². The molecule has 150 valence electrons. The maximum atomic E-state index is 13.1. The molecular formula is C24H27N3O2. The lowest BCUT2D eigenvalue weighted by Crippen LogP contribution is -2.47. The van der Waals surface area contributed by atoms with Gasteiger partial charge in [-0.15, -0.1) is 0 Å². The Morgan fingerprint density at radius 3 is 2.48 bits per heavy atom. The van der Waals surface area contributed by atoms with Crippen LogP contribution in [0.15, 0.2) is 60.8 Å². The van der Waals surface area contributed by atoms with Gasteiger partial charge in [-0.3, -0.25) is 9.59 Å². The summed E-state index contributed by atoms with van der Waals surface area (Å²) in [6.07, 6.45) is 7.55. The zero-order valence-corrected chi connectivity index (χ0v) is 16.5. The van der Waals surface area contributed by atoms with Crippen molar-refractivity contribution < 1.29 is 9.59 Å². The summed E-state index contributed by atoms with van der Waals surface area (Å²) in [7, 11) is 0. The number of aromatic amines is 1. The van der Waals surface area contributed by atoms with Crippen molar-refractivity contribution in [3.63, 3.8) is 0 Å². The highest BCUT2D eigenvalue weighted by atomic mass is 16.2. The maximum Gasteiger partial charge on any atom is 0.247 e. The normalized spacial score (nSPS) is 15.7. The smallest absolute Gasteiger partial charge is 0.247 e. The van der Waals surface area contributed by atoms with Gasteiger partial charge >= 0.3 is 0 Å². The molecule has 1 aliphatic carbocycles. The fourth-order valence-corrected chi connectivity index (χ4v) is 4.13. The van der Waals surface area contributed by atoms with E-state index in [1.54, 1.807) is 0 Å². The van der Waals surface area contributed by atoms with Crippen molar-refractivity contribution >= 4 is 28.4 Å². The predicted molar refractivity (Wildman–Crippen MR) is 116 cm³/mol. The first-order valence-corrected chi connectivity index (χ1v) is 10.4. The number of anilines is 1. The van der Waals surface area contributed by atoms with Crippen molar-refractivity contribution in [1.82, 2.24) is 10.3 Å². The molecule has 0 bridgehead atoms. The highest BCUT2D eigenvalue weighted by molar-refractivity contribution is 5.98. The first kappa shape index (κ1) is 19.2. The predicted octanol–water partition coefficient (Wildman–Crippen LogP) is 4.41. The standard InChI is InChI=1S/C24H27N3O2/c28-23(17-9-3-1-4-10-17)27-22(24(29)26-19-11-5-2-6-12-19)15-18-16-25-21-14-8-7-13-20(18)21/h2,5-8,11-14,16-17,22,25H,1,3-4,9-10,15H2,(H,26,29)(H,27,28)/t22-/m0/s1. The highest BCUT2D eigenvalue weighted by Crippen LogP contribution is 2.24. The van der Waals surface area contributed by atoms with Gasteiger partial charge in [-0.25, -0.2) is 0 Å². The number of fused-ring (bicyclic) bond motifs is 1. The molecule has 3 N–H and O–H groups in total. The number of carbonyl (C=O) groups excluding carboxylic acids is 2. The fraction of sp³-hybridized carbons (Fsp3) is 0.333. The van der Waals surface area contributed by atoms with E-state index >= 15 is 0 Å². The molecule has 3 aromatic rings. The minimum Gasteiger partial charge on any atom is -0.361 e. The Morgan fingerprint density at radius 2 is 1.69 bits per heavy atom. The second-order valence-electron chi connectivity index (χ2n) is 7.82. The summed E-state index contributed by atoms with van der Waals surface area (Å²) in [5, 5.41) is 7.07. The molecule has 0 saturated heterocycles. The van der Waals surface area contributed by atoms with E-state index < -0.39 is 6.04 Å². The average Bonchev–Trinajstić information content (AvgIpc) is 3.17. The summed E-state index contributed by atoms with van der Waals surface area (Å²) in [5.74, 6) is -0.179. The molecule has 1 aromatic heterocycles. The van der Waals surface area contributed by atoms with Gasteiger partial charge in [0.15, 0.2) is 0 Å². The lowest BCUT2D eigenvalue weighted by molar-refractivity contribution is -0.130. The molecule has 0 radical (unpaired) electrons. The van der Waals surface area contributed by atoms with E-state index in [-0.39, 0.29) is 17.7 Å². The first-order valence-electron chi connectivity index (χ1n) is 10.4. The summed E-state index contributed by atoms with van der Waals surface area (Å²) in [6, 6.07) is 16.8. The van der Waals surface area contributed by atoms with Crippen molar-refractivity contribution in [2.75, 3.05) is 5.32 Å². The number of H-pyrrole nitrogens is 1. The fourth-order valence-electron chi connectivity index (χ4n) is 4.13. The Balaban J connectivity index is 1.54. The summed E-state index contributed by atoms with van der Waals surface area (Å²) in [4.78, 5) is 29.2. The molecular weight excluding hydrogens is 362 g/mol. The molecule has 2 aromatic carbocycles. The molecule has 5 nitrogen and oxygen atoms in total. The van der Waals surface area contributed by atoms with Gasteiger partial charge in [0.25, 0.3) is 0 Å². The molecule has 29 heavy (non-hydrogen) atoms. The molecule has 4 rings (SSSR count). The van der Waals surface area contributed by atoms with Crippen molar-refractivity contribution in [1.29, 1.82) is 0 Å². The van der Waals surface area contributed by atoms with Crippen LogP contribution >= 0.6 is 0 Å². The third kappa shape index (κ3) is 4.67. The van der Waals surface area contributed by atoms with Crippen LogP contribution in [-0.4, -0.2) is 22.8 Å². The molecule has 1 aliphatic rings. The van der Waals surface area contributed by atoms with Gasteiger partial charge in [0, 0.05) is 35.1 Å². The van der Waals surface area contributed by atoms with E-state index in [9.17, 15) is 9.59 Å². The quantitative estimate of drug-likeness (QED) is 0.584. The summed E-state index contributed by atoms with van der Waals surface area (Å²) < 4.78 is 0. The number of carbonyl (C=O) groups is 2. The minimum absolute atomic E-state index is 0.00208. The Morgan fingerprint density at radius 1 is 0.966 bits per heavy atom. The minimum atomic E-state index is -0.621. The number of rotatable bonds is 6. The molecule has 2 amide bonds. The molecule has 1 heterocycles. The van der Waals surface area contributed by atoms with Crippen LogP contribution in [0.2, 0.25) is 0 Å². The van der Waals surface area contributed by atoms with E-state index in [4.69, 9.17) is 0 Å². The zero-order chi connectivity index (χ0) is 20.1. The summed E-state index contributed by atoms with van der Waals surface area (Å²) >= 11 is 0. The number of benzene rings is 2. The van der Waals surface area contributed by atoms with Crippen molar-refractivity contribution in [3.8, 4) is 0 Å². The van der Waals surface area contributed by atoms with Crippen LogP contribution in [0, 0.1) is 5.92 Å². The molecule has 1 atom stereocenters. The Labute approximate surface area is 170 Å². The number of hydrogen-bond donors (Lipinski definition) is 3. The zero-order valence-electron chi connectivity index (χ0n) is 16.5. The molecule has 5 heteroatoms. The Kier molecular flexibility index (Phi) is 5.94. The lowest BCUT2D eigenvalue weighted by Gasteiger charge is -2.24. The second-order valence-corrected chi connectivity index (χ2v) is 7.82. The van der Waals surface area contributed by atoms with Gasteiger partial charge in [-0.2, -0.15) is 0 Å². The van der Waals surface area contributed by atoms with Gasteiger partial charge in [-0.1, -0.05) is 55.7 Å². The van der Waals surface area contributed by atoms with Gasteiger partial charge < -0.3 is 15.6 Å². The molecule has 1 fully saturated rings. The lowest BCUT2D eigenvalue weighted by atomic mass is 9.88. The van der Waals surface area contributed by atoms with Crippen LogP contribution in [0.5, 0.6) is 0 Å². The van der Waals surface area contributed by atoms with E-state index in [1.807, 2.05) is 60.8 Å². The monoisotopic (exact) mass is 389 g/mol. The third-order valence-corrected chi connectivity index (χ3v) is 5.75. The first-order chi connectivity index (χ1) is 14.2. The number of nitrogens with one attached hydrogen (secondary N) is 3. The van der Waals surface area contributed by atoms with Crippen LogP contribution in [0.4, 0.5) is 5.69 Å².